The van der Waals surface area contributed by atoms with Crippen LogP contribution in [0.3, 0.4) is 0 Å². The number of fused-ring (bicyclic) bond motifs is 1. The van der Waals surface area contributed by atoms with Gasteiger partial charge in [0, 0.05) is 6.54 Å². The van der Waals surface area contributed by atoms with Crippen molar-refractivity contribution in [2.24, 2.45) is 0 Å². The van der Waals surface area contributed by atoms with Crippen LogP contribution in [0, 0.1) is 0 Å². The Balaban J connectivity index is 2.83. The molecule has 7 heteroatoms. The smallest absolute Gasteiger partial charge is 0.348 e. The molecule has 0 aliphatic rings. The van der Waals surface area contributed by atoms with E-state index < -0.39 is 5.69 Å². The average molecular weight is 221 g/mol. The van der Waals surface area contributed by atoms with Crippen LogP contribution >= 0.6 is 0 Å². The molecule has 0 atom stereocenters. The van der Waals surface area contributed by atoms with Crippen LogP contribution in [-0.2, 0) is 6.54 Å². The van der Waals surface area contributed by atoms with Crippen LogP contribution < -0.4 is 16.2 Å². The molecule has 2 rings (SSSR count). The van der Waals surface area contributed by atoms with Crippen molar-refractivity contribution in [3.63, 3.8) is 0 Å². The van der Waals surface area contributed by atoms with Crippen molar-refractivity contribution < 1.29 is 4.74 Å². The fourth-order valence-corrected chi connectivity index (χ4v) is 1.47. The lowest BCUT2D eigenvalue weighted by Crippen LogP contribution is -2.14. The fourth-order valence-electron chi connectivity index (χ4n) is 1.47. The first-order valence-corrected chi connectivity index (χ1v) is 4.58. The van der Waals surface area contributed by atoms with Gasteiger partial charge in [0.25, 0.3) is 6.01 Å². The standard InChI is InChI=1S/C9H11N5O2/c1-3-4-14-7-5(11-9(14)16-2)6(10)12-8(15)13-7/h3H,1,4H2,2H3,(H3,10,12,13,15). The van der Waals surface area contributed by atoms with E-state index in [-0.39, 0.29) is 5.82 Å². The van der Waals surface area contributed by atoms with Gasteiger partial charge >= 0.3 is 5.69 Å². The second kappa shape index (κ2) is 3.69. The molecular weight excluding hydrogens is 210 g/mol. The van der Waals surface area contributed by atoms with E-state index in [0.29, 0.717) is 23.7 Å². The van der Waals surface area contributed by atoms with Crippen LogP contribution in [0.1, 0.15) is 0 Å². The summed E-state index contributed by atoms with van der Waals surface area (Å²) >= 11 is 0. The Morgan fingerprint density at radius 1 is 1.62 bits per heavy atom. The van der Waals surface area contributed by atoms with Crippen molar-refractivity contribution in [1.29, 1.82) is 0 Å². The number of nitrogen functional groups attached to an aromatic ring is 1. The number of aromatic amines is 1. The number of imidazole rings is 1. The van der Waals surface area contributed by atoms with Gasteiger partial charge in [-0.05, 0) is 0 Å². The van der Waals surface area contributed by atoms with Gasteiger partial charge in [0.1, 0.15) is 5.82 Å². The van der Waals surface area contributed by atoms with Gasteiger partial charge in [-0.3, -0.25) is 9.55 Å². The molecule has 0 saturated carbocycles. The molecule has 0 fully saturated rings. The van der Waals surface area contributed by atoms with E-state index in [1.807, 2.05) is 0 Å². The first kappa shape index (κ1) is 10.2. The van der Waals surface area contributed by atoms with Gasteiger partial charge < -0.3 is 10.5 Å². The number of aromatic nitrogens is 4. The van der Waals surface area contributed by atoms with Crippen molar-refractivity contribution >= 4 is 17.0 Å². The third kappa shape index (κ3) is 1.42. The summed E-state index contributed by atoms with van der Waals surface area (Å²) in [6.07, 6.45) is 1.66. The Labute approximate surface area is 90.6 Å². The van der Waals surface area contributed by atoms with Crippen LogP contribution in [0.5, 0.6) is 6.01 Å². The fraction of sp³-hybridized carbons (Fsp3) is 0.222. The molecule has 0 amide bonds. The molecule has 3 N–H and O–H groups in total. The molecule has 0 radical (unpaired) electrons. The topological polar surface area (TPSA) is 98.8 Å². The summed E-state index contributed by atoms with van der Waals surface area (Å²) in [7, 11) is 1.48. The number of hydrogen-bond acceptors (Lipinski definition) is 5. The highest BCUT2D eigenvalue weighted by atomic mass is 16.5. The molecule has 16 heavy (non-hydrogen) atoms. The van der Waals surface area contributed by atoms with Gasteiger partial charge in [0.15, 0.2) is 11.2 Å². The predicted molar refractivity (Wildman–Crippen MR) is 59.3 cm³/mol. The normalized spacial score (nSPS) is 10.6. The van der Waals surface area contributed by atoms with Gasteiger partial charge in [-0.15, -0.1) is 6.58 Å². The molecule has 84 valence electrons. The number of nitrogens with zero attached hydrogens (tertiary/aromatic N) is 3. The highest BCUT2D eigenvalue weighted by Gasteiger charge is 2.14. The molecule has 0 aliphatic heterocycles. The van der Waals surface area contributed by atoms with Crippen LogP contribution in [0.4, 0.5) is 5.82 Å². The number of ether oxygens (including phenoxy) is 1. The zero-order valence-corrected chi connectivity index (χ0v) is 8.73. The van der Waals surface area contributed by atoms with Crippen LogP contribution in [-0.4, -0.2) is 26.6 Å². The minimum absolute atomic E-state index is 0.177. The summed E-state index contributed by atoms with van der Waals surface area (Å²) in [4.78, 5) is 21.5. The average Bonchev–Trinajstić information content (AvgIpc) is 2.58. The highest BCUT2D eigenvalue weighted by molar-refractivity contribution is 5.82. The lowest BCUT2D eigenvalue weighted by Gasteiger charge is -2.02. The Bertz CT molecular complexity index is 598. The zero-order chi connectivity index (χ0) is 11.7. The van der Waals surface area contributed by atoms with E-state index in [0.717, 1.165) is 0 Å². The van der Waals surface area contributed by atoms with Crippen LogP contribution in [0.25, 0.3) is 11.2 Å². The lowest BCUT2D eigenvalue weighted by atomic mass is 10.5. The van der Waals surface area contributed by atoms with E-state index in [1.165, 1.54) is 7.11 Å². The number of anilines is 1. The first-order valence-electron chi connectivity index (χ1n) is 4.58. The number of nitrogens with one attached hydrogen (secondary N) is 1. The molecule has 0 unspecified atom stereocenters. The number of H-pyrrole nitrogens is 1. The quantitative estimate of drug-likeness (QED) is 0.705. The van der Waals surface area contributed by atoms with Crippen molar-refractivity contribution in [2.75, 3.05) is 12.8 Å². The SMILES string of the molecule is C=CCn1c(OC)nc2c(N)[nH]c(=O)nc21. The molecule has 0 spiro atoms. The van der Waals surface area contributed by atoms with Crippen molar-refractivity contribution in [3.05, 3.63) is 23.1 Å². The van der Waals surface area contributed by atoms with E-state index in [9.17, 15) is 4.79 Å². The van der Waals surface area contributed by atoms with Gasteiger partial charge in [-0.2, -0.15) is 9.97 Å². The summed E-state index contributed by atoms with van der Waals surface area (Å²) in [6, 6.07) is 0.341. The third-order valence-corrected chi connectivity index (χ3v) is 2.10. The molecule has 0 bridgehead atoms. The third-order valence-electron chi connectivity index (χ3n) is 2.10. The summed E-state index contributed by atoms with van der Waals surface area (Å²) in [5.74, 6) is 0.177. The van der Waals surface area contributed by atoms with Crippen molar-refractivity contribution in [1.82, 2.24) is 19.5 Å². The van der Waals surface area contributed by atoms with Gasteiger partial charge in [-0.25, -0.2) is 4.79 Å². The predicted octanol–water partition coefficient (Wildman–Crippen LogP) is -0.104. The maximum absolute atomic E-state index is 11.2. The number of hydrogen-bond donors (Lipinski definition) is 2. The minimum atomic E-state index is -0.516. The lowest BCUT2D eigenvalue weighted by molar-refractivity contribution is 0.364. The second-order valence-corrected chi connectivity index (χ2v) is 3.13. The second-order valence-electron chi connectivity index (χ2n) is 3.13. The Kier molecular flexibility index (Phi) is 2.35. The number of nitrogens with two attached hydrogens (primary N) is 1. The number of rotatable bonds is 3. The minimum Gasteiger partial charge on any atom is -0.468 e. The summed E-state index contributed by atoms with van der Waals surface area (Å²) in [5.41, 5.74) is 5.92. The molecule has 0 aliphatic carbocycles. The summed E-state index contributed by atoms with van der Waals surface area (Å²) < 4.78 is 6.69. The van der Waals surface area contributed by atoms with E-state index in [4.69, 9.17) is 10.5 Å². The molecule has 2 aromatic rings. The first-order chi connectivity index (χ1) is 7.67. The van der Waals surface area contributed by atoms with E-state index >= 15 is 0 Å². The monoisotopic (exact) mass is 221 g/mol. The van der Waals surface area contributed by atoms with Gasteiger partial charge in [0.05, 0.1) is 7.11 Å². The van der Waals surface area contributed by atoms with Gasteiger partial charge in [-0.1, -0.05) is 6.08 Å². The van der Waals surface area contributed by atoms with E-state index in [1.54, 1.807) is 10.6 Å². The molecule has 2 aromatic heterocycles. The molecule has 0 aromatic carbocycles. The highest BCUT2D eigenvalue weighted by Crippen LogP contribution is 2.21. The number of methoxy groups -OCH3 is 1. The van der Waals surface area contributed by atoms with Crippen LogP contribution in [0.2, 0.25) is 0 Å². The molecular formula is C9H11N5O2. The zero-order valence-electron chi connectivity index (χ0n) is 8.73. The molecule has 7 nitrogen and oxygen atoms in total. The van der Waals surface area contributed by atoms with Crippen molar-refractivity contribution in [2.45, 2.75) is 6.54 Å². The Morgan fingerprint density at radius 2 is 2.38 bits per heavy atom. The molecule has 2 heterocycles. The van der Waals surface area contributed by atoms with E-state index in [2.05, 4.69) is 21.5 Å². The van der Waals surface area contributed by atoms with Crippen LogP contribution in [0.15, 0.2) is 17.4 Å². The summed E-state index contributed by atoms with van der Waals surface area (Å²) in [5, 5.41) is 0. The Morgan fingerprint density at radius 3 is 3.00 bits per heavy atom. The molecule has 0 saturated heterocycles. The largest absolute Gasteiger partial charge is 0.468 e. The van der Waals surface area contributed by atoms with Crippen molar-refractivity contribution in [3.8, 4) is 6.01 Å². The number of allylic oxidation sites excluding steroid dienone is 1. The maximum Gasteiger partial charge on any atom is 0.348 e. The Hall–Kier alpha value is -2.31. The summed E-state index contributed by atoms with van der Waals surface area (Å²) in [6.45, 7) is 4.05. The maximum atomic E-state index is 11.2. The van der Waals surface area contributed by atoms with Gasteiger partial charge in [0.2, 0.25) is 0 Å².